The molecule has 4 aromatic rings. The van der Waals surface area contributed by atoms with Crippen molar-refractivity contribution in [2.45, 2.75) is 160 Å². The molecule has 2 unspecified atom stereocenters. The lowest BCUT2D eigenvalue weighted by Gasteiger charge is -2.35. The second-order valence-corrected chi connectivity index (χ2v) is 21.1. The van der Waals surface area contributed by atoms with Crippen LogP contribution in [0.25, 0.3) is 22.5 Å². The topological polar surface area (TPSA) is 231 Å². The first-order valence-electron chi connectivity index (χ1n) is 25.7. The molecule has 20 heteroatoms. The third-order valence-electron chi connectivity index (χ3n) is 14.7. The molecule has 2 aliphatic carbocycles. The van der Waals surface area contributed by atoms with Crippen LogP contribution >= 0.6 is 47.9 Å². The van der Waals surface area contributed by atoms with Crippen LogP contribution in [0.4, 0.5) is 0 Å². The number of amides is 3. The minimum Gasteiger partial charge on any atom is -0.481 e. The number of carboxylic acids is 1. The fraction of sp³-hybridized carbons (Fsp3) is 0.585. The van der Waals surface area contributed by atoms with Crippen molar-refractivity contribution in [3.05, 3.63) is 70.4 Å². The Bertz CT molecular complexity index is 2370. The van der Waals surface area contributed by atoms with E-state index in [0.717, 1.165) is 116 Å². The average molecular weight is 1090 g/mol. The molecule has 3 amide bonds. The maximum absolute atomic E-state index is 13.8. The van der Waals surface area contributed by atoms with E-state index in [-0.39, 0.29) is 96.8 Å². The number of aromatic nitrogens is 4. The fourth-order valence-corrected chi connectivity index (χ4v) is 11.4. The summed E-state index contributed by atoms with van der Waals surface area (Å²) in [5, 5.41) is 22.6. The van der Waals surface area contributed by atoms with E-state index >= 15 is 0 Å². The van der Waals surface area contributed by atoms with E-state index in [1.807, 2.05) is 67.6 Å². The molecule has 4 heterocycles. The van der Waals surface area contributed by atoms with E-state index in [9.17, 15) is 28.8 Å². The molecule has 0 radical (unpaired) electrons. The number of rotatable bonds is 17. The zero-order valence-corrected chi connectivity index (χ0v) is 45.9. The van der Waals surface area contributed by atoms with E-state index in [4.69, 9.17) is 10.8 Å². The molecule has 2 aromatic carbocycles. The first-order valence-corrected chi connectivity index (χ1v) is 27.2. The first kappa shape index (κ1) is 60.8. The van der Waals surface area contributed by atoms with Crippen LogP contribution in [0.1, 0.15) is 127 Å². The standard InChI is InChI=1S/C26H35N5O3S.C22H28N4O2S.C5H10O2.2ClH/c1-17(27-2)25(33)28-24(19-12-7-4-8-13-19)26(34)31-15-9-14-20(31)21(32)16-22-23(29-30-35-22)18-10-5-3-6-11-18;23-20(15-8-3-1-4-9-15)22(28)26-13-7-12-17(26)18(27)14-19-21(24-25-29-19)16-10-5-2-6-11-16;1-3-4(2)5(6)7;;/h3,5-6,10-11,17,19-20,24,27H,4,7-9,12-16H2,1-2H3,(H,28,33);2,5-6,10-11,15,17,20H,1,3-4,7-9,12-14,23H2;4H,3H2,1-2H3,(H,6,7);2*1H/t17?,20-,24-;17-,20-;;;/m00.../s1. The van der Waals surface area contributed by atoms with Gasteiger partial charge in [0.2, 0.25) is 17.7 Å². The van der Waals surface area contributed by atoms with E-state index in [1.165, 1.54) is 29.5 Å². The Kier molecular flexibility index (Phi) is 25.5. The Balaban J connectivity index is 0.000000276. The molecule has 16 nitrogen and oxygen atoms in total. The van der Waals surface area contributed by atoms with Gasteiger partial charge in [-0.15, -0.1) is 35.0 Å². The number of halogens is 2. The Morgan fingerprint density at radius 3 is 1.51 bits per heavy atom. The van der Waals surface area contributed by atoms with Gasteiger partial charge in [0.25, 0.3) is 0 Å². The number of hydrogen-bond acceptors (Lipinski definition) is 14. The lowest BCUT2D eigenvalue weighted by molar-refractivity contribution is -0.142. The molecule has 2 aromatic heterocycles. The van der Waals surface area contributed by atoms with Crippen LogP contribution in [0.3, 0.4) is 0 Å². The zero-order chi connectivity index (χ0) is 50.9. The van der Waals surface area contributed by atoms with Crippen LogP contribution in [0.2, 0.25) is 0 Å². The van der Waals surface area contributed by atoms with E-state index in [2.05, 4.69) is 29.8 Å². The maximum atomic E-state index is 13.8. The van der Waals surface area contributed by atoms with Gasteiger partial charge < -0.3 is 31.3 Å². The van der Waals surface area contributed by atoms with Crippen LogP contribution in [-0.2, 0) is 41.6 Å². The number of benzene rings is 2. The third-order valence-corrected chi connectivity index (χ3v) is 16.1. The monoisotopic (exact) mass is 1080 g/mol. The number of ketones is 2. The fourth-order valence-electron chi connectivity index (χ4n) is 10.1. The van der Waals surface area contributed by atoms with Crippen LogP contribution in [0.15, 0.2) is 60.7 Å². The molecular formula is C53H75Cl2N9O7S2. The highest BCUT2D eigenvalue weighted by atomic mass is 35.5. The molecule has 0 bridgehead atoms. The second-order valence-electron chi connectivity index (χ2n) is 19.5. The summed E-state index contributed by atoms with van der Waals surface area (Å²) in [6, 6.07) is 17.2. The van der Waals surface area contributed by atoms with Gasteiger partial charge in [0.15, 0.2) is 11.6 Å². The van der Waals surface area contributed by atoms with Crippen molar-refractivity contribution in [2.24, 2.45) is 23.5 Å². The molecule has 73 heavy (non-hydrogen) atoms. The van der Waals surface area contributed by atoms with Crippen molar-refractivity contribution in [3.8, 4) is 22.5 Å². The summed E-state index contributed by atoms with van der Waals surface area (Å²) in [4.78, 5) is 81.3. The van der Waals surface area contributed by atoms with Crippen molar-refractivity contribution < 1.29 is 33.9 Å². The van der Waals surface area contributed by atoms with Gasteiger partial charge in [-0.05, 0) is 107 Å². The molecule has 400 valence electrons. The summed E-state index contributed by atoms with van der Waals surface area (Å²) < 4.78 is 8.15. The summed E-state index contributed by atoms with van der Waals surface area (Å²) >= 11 is 2.49. The number of nitrogens with zero attached hydrogens (tertiary/aromatic N) is 6. The van der Waals surface area contributed by atoms with Crippen molar-refractivity contribution in [1.82, 2.24) is 39.6 Å². The Hall–Kier alpha value is -4.72. The van der Waals surface area contributed by atoms with Crippen LogP contribution in [-0.4, -0.2) is 120 Å². The minimum absolute atomic E-state index is 0. The summed E-state index contributed by atoms with van der Waals surface area (Å²) in [5.41, 5.74) is 9.74. The Labute approximate surface area is 451 Å². The van der Waals surface area contributed by atoms with Gasteiger partial charge in [-0.1, -0.05) is 122 Å². The molecule has 2 saturated heterocycles. The normalized spacial score (nSPS) is 19.5. The molecule has 2 aliphatic heterocycles. The van der Waals surface area contributed by atoms with E-state index in [1.54, 1.807) is 30.7 Å². The van der Waals surface area contributed by atoms with Crippen molar-refractivity contribution in [3.63, 3.8) is 0 Å². The second kappa shape index (κ2) is 30.6. The number of Topliss-reactive ketones (excluding diaryl/α,β-unsaturated/α-hetero) is 2. The number of nitrogens with one attached hydrogen (secondary N) is 2. The number of likely N-dealkylation sites (tertiary alicyclic amines) is 2. The van der Waals surface area contributed by atoms with Gasteiger partial charge in [0.1, 0.15) is 17.4 Å². The maximum Gasteiger partial charge on any atom is 0.306 e. The van der Waals surface area contributed by atoms with Crippen molar-refractivity contribution >= 4 is 83.1 Å². The van der Waals surface area contributed by atoms with Gasteiger partial charge >= 0.3 is 5.97 Å². The highest BCUT2D eigenvalue weighted by Gasteiger charge is 2.42. The molecule has 2 saturated carbocycles. The zero-order valence-electron chi connectivity index (χ0n) is 42.6. The minimum atomic E-state index is -0.706. The summed E-state index contributed by atoms with van der Waals surface area (Å²) in [6.07, 6.45) is 14.9. The van der Waals surface area contributed by atoms with Crippen LogP contribution in [0, 0.1) is 17.8 Å². The van der Waals surface area contributed by atoms with E-state index < -0.39 is 24.1 Å². The third kappa shape index (κ3) is 16.6. The smallest absolute Gasteiger partial charge is 0.306 e. The number of carboxylic acid groups (broad SMARTS) is 1. The summed E-state index contributed by atoms with van der Waals surface area (Å²) in [7, 11) is 1.73. The van der Waals surface area contributed by atoms with Gasteiger partial charge in [-0.25, -0.2) is 0 Å². The molecule has 0 spiro atoms. The molecule has 5 N–H and O–H groups in total. The predicted octanol–water partition coefficient (Wildman–Crippen LogP) is 8.16. The highest BCUT2D eigenvalue weighted by Crippen LogP contribution is 2.33. The van der Waals surface area contributed by atoms with Gasteiger partial charge in [0, 0.05) is 37.1 Å². The van der Waals surface area contributed by atoms with Gasteiger partial charge in [0.05, 0.1) is 39.8 Å². The lowest BCUT2D eigenvalue weighted by Crippen LogP contribution is -2.57. The number of aliphatic carboxylic acids is 1. The quantitative estimate of drug-likeness (QED) is 0.0783. The molecule has 4 fully saturated rings. The Morgan fingerprint density at radius 1 is 0.658 bits per heavy atom. The largest absolute Gasteiger partial charge is 0.481 e. The predicted molar refractivity (Wildman–Crippen MR) is 291 cm³/mol. The van der Waals surface area contributed by atoms with Gasteiger partial charge in [-0.2, -0.15) is 0 Å². The van der Waals surface area contributed by atoms with Crippen LogP contribution in [0.5, 0.6) is 0 Å². The number of likely N-dealkylation sites (N-methyl/N-ethyl adjacent to an activating group) is 1. The lowest BCUT2D eigenvalue weighted by atomic mass is 9.83. The molecule has 4 aliphatic rings. The SMILES string of the molecule is CCC(C)C(=O)O.CNC(C)C(=O)N[C@H](C(=O)N1CCC[C@H]1C(=O)Cc1snnc1-c1ccccc1)C1CCCCC1.Cl.Cl.N[C@H](C(=O)N1CCC[C@H]1C(=O)Cc1snnc1-c1ccccc1)C1CCCCC1. The van der Waals surface area contributed by atoms with E-state index in [0.29, 0.717) is 19.5 Å². The number of carbonyl (C=O) groups is 6. The molecule has 8 rings (SSSR count). The number of carbonyl (C=O) groups excluding carboxylic acids is 5. The van der Waals surface area contributed by atoms with Crippen LogP contribution < -0.4 is 16.4 Å². The van der Waals surface area contributed by atoms with Gasteiger partial charge in [-0.3, -0.25) is 28.8 Å². The summed E-state index contributed by atoms with van der Waals surface area (Å²) in [6.45, 7) is 6.51. The molecule has 6 atom stereocenters. The number of nitrogens with two attached hydrogens (primary N) is 1. The average Bonchev–Trinajstić information content (AvgIpc) is 4.27. The number of hydrogen-bond donors (Lipinski definition) is 4. The van der Waals surface area contributed by atoms with Crippen molar-refractivity contribution in [2.75, 3.05) is 20.1 Å². The first-order chi connectivity index (χ1) is 34.3. The summed E-state index contributed by atoms with van der Waals surface area (Å²) in [5.74, 6) is -0.789. The Morgan fingerprint density at radius 2 is 1.10 bits per heavy atom. The molecular weight excluding hydrogens is 1010 g/mol. The van der Waals surface area contributed by atoms with Crippen molar-refractivity contribution in [1.29, 1.82) is 0 Å². The highest BCUT2D eigenvalue weighted by molar-refractivity contribution is 7.06.